The molecular formula is C21H28N2O. The zero-order valence-electron chi connectivity index (χ0n) is 14.8. The molecule has 1 aliphatic heterocycles. The van der Waals surface area contributed by atoms with Crippen LogP contribution < -0.4 is 10.1 Å². The summed E-state index contributed by atoms with van der Waals surface area (Å²) >= 11 is 0. The van der Waals surface area contributed by atoms with Gasteiger partial charge in [0, 0.05) is 26.1 Å². The Kier molecular flexibility index (Phi) is 5.89. The second kappa shape index (κ2) is 8.32. The minimum absolute atomic E-state index is 0.825. The Hall–Kier alpha value is -1.84. The lowest BCUT2D eigenvalue weighted by atomic mass is 10.1. The summed E-state index contributed by atoms with van der Waals surface area (Å²) in [6.07, 6.45) is 1.04. The van der Waals surface area contributed by atoms with Crippen LogP contribution in [0, 0.1) is 0 Å². The standard InChI is InChI=1S/C21H28N2O/c1-3-23(4-2)16-18-7-5-17(6-8-18)14-22-15-19-9-10-21-20(13-19)11-12-24-21/h5-10,13,22H,3-4,11-12,14-16H2,1-2H3. The van der Waals surface area contributed by atoms with Gasteiger partial charge in [0.15, 0.2) is 0 Å². The first-order chi connectivity index (χ1) is 11.8. The molecule has 0 saturated heterocycles. The average molecular weight is 324 g/mol. The third kappa shape index (κ3) is 4.37. The minimum atomic E-state index is 0.825. The van der Waals surface area contributed by atoms with E-state index in [0.29, 0.717) is 0 Å². The summed E-state index contributed by atoms with van der Waals surface area (Å²) < 4.78 is 5.56. The molecule has 2 aromatic rings. The average Bonchev–Trinajstić information content (AvgIpc) is 3.09. The van der Waals surface area contributed by atoms with Crippen LogP contribution in [0.2, 0.25) is 0 Å². The van der Waals surface area contributed by atoms with Crippen LogP contribution in [0.4, 0.5) is 0 Å². The van der Waals surface area contributed by atoms with Crippen molar-refractivity contribution < 1.29 is 4.74 Å². The number of fused-ring (bicyclic) bond motifs is 1. The molecule has 0 fully saturated rings. The van der Waals surface area contributed by atoms with Crippen molar-refractivity contribution in [2.45, 2.75) is 39.9 Å². The van der Waals surface area contributed by atoms with Gasteiger partial charge < -0.3 is 10.1 Å². The lowest BCUT2D eigenvalue weighted by Gasteiger charge is -2.18. The maximum absolute atomic E-state index is 5.56. The smallest absolute Gasteiger partial charge is 0.122 e. The highest BCUT2D eigenvalue weighted by atomic mass is 16.5. The predicted molar refractivity (Wildman–Crippen MR) is 99.3 cm³/mol. The van der Waals surface area contributed by atoms with E-state index in [1.165, 1.54) is 22.3 Å². The zero-order valence-corrected chi connectivity index (χ0v) is 14.8. The zero-order chi connectivity index (χ0) is 16.8. The molecule has 1 heterocycles. The van der Waals surface area contributed by atoms with Crippen molar-refractivity contribution in [3.63, 3.8) is 0 Å². The van der Waals surface area contributed by atoms with E-state index in [9.17, 15) is 0 Å². The quantitative estimate of drug-likeness (QED) is 0.800. The summed E-state index contributed by atoms with van der Waals surface area (Å²) in [5.74, 6) is 1.06. The molecule has 0 atom stereocenters. The maximum Gasteiger partial charge on any atom is 0.122 e. The molecule has 0 bridgehead atoms. The molecule has 0 unspecified atom stereocenters. The van der Waals surface area contributed by atoms with E-state index in [1.54, 1.807) is 0 Å². The summed E-state index contributed by atoms with van der Waals surface area (Å²) in [5, 5.41) is 3.54. The van der Waals surface area contributed by atoms with Crippen molar-refractivity contribution in [1.29, 1.82) is 0 Å². The second-order valence-electron chi connectivity index (χ2n) is 6.42. The maximum atomic E-state index is 5.56. The fraction of sp³-hybridized carbons (Fsp3) is 0.429. The highest BCUT2D eigenvalue weighted by molar-refractivity contribution is 5.39. The Morgan fingerprint density at radius 2 is 1.58 bits per heavy atom. The van der Waals surface area contributed by atoms with Crippen molar-refractivity contribution in [2.24, 2.45) is 0 Å². The van der Waals surface area contributed by atoms with Crippen LogP contribution in [0.25, 0.3) is 0 Å². The largest absolute Gasteiger partial charge is 0.493 e. The Bertz CT molecular complexity index is 647. The molecule has 3 rings (SSSR count). The van der Waals surface area contributed by atoms with Crippen molar-refractivity contribution in [3.05, 3.63) is 64.7 Å². The molecule has 1 N–H and O–H groups in total. The van der Waals surface area contributed by atoms with Gasteiger partial charge in [-0.3, -0.25) is 4.90 Å². The van der Waals surface area contributed by atoms with Gasteiger partial charge in [-0.2, -0.15) is 0 Å². The summed E-state index contributed by atoms with van der Waals surface area (Å²) in [6, 6.07) is 15.5. The van der Waals surface area contributed by atoms with Crippen LogP contribution in [0.5, 0.6) is 5.75 Å². The van der Waals surface area contributed by atoms with Gasteiger partial charge in [-0.1, -0.05) is 50.2 Å². The van der Waals surface area contributed by atoms with Gasteiger partial charge >= 0.3 is 0 Å². The number of nitrogens with one attached hydrogen (secondary N) is 1. The number of benzene rings is 2. The van der Waals surface area contributed by atoms with Crippen molar-refractivity contribution in [2.75, 3.05) is 19.7 Å². The van der Waals surface area contributed by atoms with Gasteiger partial charge in [-0.15, -0.1) is 0 Å². The molecule has 128 valence electrons. The lowest BCUT2D eigenvalue weighted by molar-refractivity contribution is 0.296. The van der Waals surface area contributed by atoms with Gasteiger partial charge in [-0.05, 0) is 41.4 Å². The van der Waals surface area contributed by atoms with Gasteiger partial charge in [0.05, 0.1) is 6.61 Å². The van der Waals surface area contributed by atoms with Crippen LogP contribution in [0.3, 0.4) is 0 Å². The number of hydrogen-bond acceptors (Lipinski definition) is 3. The van der Waals surface area contributed by atoms with Gasteiger partial charge in [0.2, 0.25) is 0 Å². The molecule has 1 aliphatic rings. The first kappa shape index (κ1) is 17.0. The van der Waals surface area contributed by atoms with Gasteiger partial charge in [0.1, 0.15) is 5.75 Å². The van der Waals surface area contributed by atoms with Crippen LogP contribution in [-0.2, 0) is 26.1 Å². The van der Waals surface area contributed by atoms with E-state index in [4.69, 9.17) is 4.74 Å². The van der Waals surface area contributed by atoms with Crippen molar-refractivity contribution in [3.8, 4) is 5.75 Å². The van der Waals surface area contributed by atoms with Crippen LogP contribution in [0.15, 0.2) is 42.5 Å². The molecule has 2 aromatic carbocycles. The van der Waals surface area contributed by atoms with Crippen LogP contribution in [-0.4, -0.2) is 24.6 Å². The van der Waals surface area contributed by atoms with Crippen molar-refractivity contribution >= 4 is 0 Å². The molecule has 0 radical (unpaired) electrons. The summed E-state index contributed by atoms with van der Waals surface area (Å²) in [5.41, 5.74) is 5.40. The van der Waals surface area contributed by atoms with Crippen molar-refractivity contribution in [1.82, 2.24) is 10.2 Å². The Balaban J connectivity index is 1.48. The monoisotopic (exact) mass is 324 g/mol. The van der Waals surface area contributed by atoms with E-state index in [-0.39, 0.29) is 0 Å². The summed E-state index contributed by atoms with van der Waals surface area (Å²) in [6.45, 7) is 10.3. The fourth-order valence-electron chi connectivity index (χ4n) is 3.17. The van der Waals surface area contributed by atoms with Gasteiger partial charge in [-0.25, -0.2) is 0 Å². The molecule has 0 saturated carbocycles. The van der Waals surface area contributed by atoms with E-state index in [2.05, 4.69) is 66.5 Å². The van der Waals surface area contributed by atoms with E-state index in [0.717, 1.165) is 51.5 Å². The molecule has 3 heteroatoms. The Morgan fingerprint density at radius 3 is 2.33 bits per heavy atom. The summed E-state index contributed by atoms with van der Waals surface area (Å²) in [4.78, 5) is 2.44. The molecule has 0 aliphatic carbocycles. The highest BCUT2D eigenvalue weighted by Crippen LogP contribution is 2.25. The predicted octanol–water partition coefficient (Wildman–Crippen LogP) is 3.75. The van der Waals surface area contributed by atoms with Gasteiger partial charge in [0.25, 0.3) is 0 Å². The van der Waals surface area contributed by atoms with E-state index < -0.39 is 0 Å². The topological polar surface area (TPSA) is 24.5 Å². The first-order valence-electron chi connectivity index (χ1n) is 9.04. The molecule has 0 amide bonds. The third-order valence-corrected chi connectivity index (χ3v) is 4.74. The fourth-order valence-corrected chi connectivity index (χ4v) is 3.17. The summed E-state index contributed by atoms with van der Waals surface area (Å²) in [7, 11) is 0. The number of hydrogen-bond donors (Lipinski definition) is 1. The van der Waals surface area contributed by atoms with E-state index in [1.807, 2.05) is 0 Å². The number of nitrogens with zero attached hydrogens (tertiary/aromatic N) is 1. The minimum Gasteiger partial charge on any atom is -0.493 e. The normalized spacial score (nSPS) is 13.1. The molecule has 0 spiro atoms. The third-order valence-electron chi connectivity index (χ3n) is 4.74. The molecule has 0 aromatic heterocycles. The number of ether oxygens (including phenoxy) is 1. The van der Waals surface area contributed by atoms with Crippen LogP contribution in [0.1, 0.15) is 36.1 Å². The molecule has 3 nitrogen and oxygen atoms in total. The second-order valence-corrected chi connectivity index (χ2v) is 6.42. The first-order valence-corrected chi connectivity index (χ1v) is 9.04. The molecule has 24 heavy (non-hydrogen) atoms. The van der Waals surface area contributed by atoms with E-state index >= 15 is 0 Å². The highest BCUT2D eigenvalue weighted by Gasteiger charge is 2.11. The Morgan fingerprint density at radius 1 is 0.917 bits per heavy atom. The number of rotatable bonds is 8. The van der Waals surface area contributed by atoms with Crippen LogP contribution >= 0.6 is 0 Å². The Labute approximate surface area is 145 Å². The lowest BCUT2D eigenvalue weighted by Crippen LogP contribution is -2.22. The molecular weight excluding hydrogens is 296 g/mol. The SMILES string of the molecule is CCN(CC)Cc1ccc(CNCc2ccc3c(c2)CCO3)cc1.